The number of phenolic OH excluding ortho intramolecular Hbond substituents is 1. The Morgan fingerprint density at radius 3 is 2.24 bits per heavy atom. The molecule has 0 unspecified atom stereocenters. The summed E-state index contributed by atoms with van der Waals surface area (Å²) in [6, 6.07) is 1.83. The van der Waals surface area contributed by atoms with Crippen LogP contribution in [0.1, 0.15) is 24.2 Å². The second kappa shape index (κ2) is 6.73. The highest BCUT2D eigenvalue weighted by Crippen LogP contribution is 2.33. The van der Waals surface area contributed by atoms with Crippen molar-refractivity contribution in [1.29, 1.82) is 0 Å². The maximum atomic E-state index is 12.3. The third-order valence-corrected chi connectivity index (χ3v) is 5.13. The number of aromatic hydroxyl groups is 1. The molecule has 3 nitrogen and oxygen atoms in total. The normalized spacial score (nSPS) is 10.4. The van der Waals surface area contributed by atoms with Crippen molar-refractivity contribution in [3.05, 3.63) is 22.3 Å². The zero-order chi connectivity index (χ0) is 13.2. The lowest BCUT2D eigenvalue weighted by molar-refractivity contribution is 0.0770. The number of amides is 1. The van der Waals surface area contributed by atoms with Gasteiger partial charge in [0, 0.05) is 16.7 Å². The minimum Gasteiger partial charge on any atom is -0.506 e. The molecule has 0 saturated carbocycles. The molecule has 0 aliphatic rings. The van der Waals surface area contributed by atoms with E-state index in [2.05, 4.69) is 45.2 Å². The van der Waals surface area contributed by atoms with Crippen molar-refractivity contribution in [2.75, 3.05) is 13.1 Å². The molecule has 0 radical (unpaired) electrons. The summed E-state index contributed by atoms with van der Waals surface area (Å²) in [6.45, 7) is 5.25. The Hall–Kier alpha value is 0.680. The summed E-state index contributed by atoms with van der Waals surface area (Å²) in [4.78, 5) is 14.1. The number of hydrogen-bond acceptors (Lipinski definition) is 2. The minimum atomic E-state index is -0.0181. The van der Waals surface area contributed by atoms with Crippen molar-refractivity contribution in [3.63, 3.8) is 0 Å². The van der Waals surface area contributed by atoms with Gasteiger partial charge in [0.25, 0.3) is 5.91 Å². The molecule has 1 amide bonds. The summed E-state index contributed by atoms with van der Waals surface area (Å²) < 4.78 is 2.29. The average Bonchev–Trinajstić information content (AvgIpc) is 2.28. The van der Waals surface area contributed by atoms with E-state index in [0.29, 0.717) is 22.2 Å². The standard InChI is InChI=1S/C11H12I3NO2/c1-3-15(4-2)11(17)8-6(12)5-7(13)10(16)9(8)14/h5,16H,3-4H2,1-2H3. The molecule has 1 aromatic rings. The first-order chi connectivity index (χ1) is 7.93. The van der Waals surface area contributed by atoms with Gasteiger partial charge in [-0.1, -0.05) is 0 Å². The summed E-state index contributed by atoms with van der Waals surface area (Å²) in [5, 5.41) is 9.90. The van der Waals surface area contributed by atoms with Gasteiger partial charge in [-0.25, -0.2) is 0 Å². The summed E-state index contributed by atoms with van der Waals surface area (Å²) >= 11 is 6.24. The van der Waals surface area contributed by atoms with E-state index in [1.807, 2.05) is 42.5 Å². The highest BCUT2D eigenvalue weighted by molar-refractivity contribution is 14.1. The molecule has 6 heteroatoms. The van der Waals surface area contributed by atoms with Gasteiger partial charge in [0.2, 0.25) is 0 Å². The van der Waals surface area contributed by atoms with Crippen LogP contribution >= 0.6 is 67.8 Å². The van der Waals surface area contributed by atoms with E-state index in [0.717, 1.165) is 7.14 Å². The number of rotatable bonds is 3. The first-order valence-electron chi connectivity index (χ1n) is 5.09. The third kappa shape index (κ3) is 3.37. The van der Waals surface area contributed by atoms with Crippen LogP contribution in [0.5, 0.6) is 5.75 Å². The molecule has 0 aliphatic carbocycles. The molecular formula is C11H12I3NO2. The number of carbonyl (C=O) groups excluding carboxylic acids is 1. The second-order valence-electron chi connectivity index (χ2n) is 3.36. The smallest absolute Gasteiger partial charge is 0.256 e. The van der Waals surface area contributed by atoms with Crippen molar-refractivity contribution in [2.45, 2.75) is 13.8 Å². The zero-order valence-electron chi connectivity index (χ0n) is 9.43. The van der Waals surface area contributed by atoms with Crippen LogP contribution in [0.25, 0.3) is 0 Å². The van der Waals surface area contributed by atoms with E-state index >= 15 is 0 Å². The SMILES string of the molecule is CCN(CC)C(=O)c1c(I)cc(I)c(O)c1I. The van der Waals surface area contributed by atoms with Gasteiger partial charge >= 0.3 is 0 Å². The molecule has 1 N–H and O–H groups in total. The van der Waals surface area contributed by atoms with Gasteiger partial charge < -0.3 is 10.0 Å². The van der Waals surface area contributed by atoms with Crippen LogP contribution in [0.15, 0.2) is 6.07 Å². The fraction of sp³-hybridized carbons (Fsp3) is 0.364. The Morgan fingerprint density at radius 2 is 1.76 bits per heavy atom. The minimum absolute atomic E-state index is 0.0181. The largest absolute Gasteiger partial charge is 0.506 e. The molecule has 0 saturated heterocycles. The van der Waals surface area contributed by atoms with E-state index < -0.39 is 0 Å². The van der Waals surface area contributed by atoms with E-state index in [1.165, 1.54) is 0 Å². The van der Waals surface area contributed by atoms with Crippen LogP contribution in [0, 0.1) is 10.7 Å². The second-order valence-corrected chi connectivity index (χ2v) is 6.76. The predicted molar refractivity (Wildman–Crippen MR) is 93.5 cm³/mol. The Kier molecular flexibility index (Phi) is 6.23. The van der Waals surface area contributed by atoms with Gasteiger partial charge in [-0.3, -0.25) is 4.79 Å². The molecule has 1 rings (SSSR count). The van der Waals surface area contributed by atoms with Crippen molar-refractivity contribution in [3.8, 4) is 5.75 Å². The Labute approximate surface area is 142 Å². The molecule has 0 aliphatic heterocycles. The van der Waals surface area contributed by atoms with Crippen LogP contribution in [-0.4, -0.2) is 29.0 Å². The first kappa shape index (κ1) is 15.7. The average molecular weight is 571 g/mol. The van der Waals surface area contributed by atoms with Gasteiger partial charge in [0.05, 0.1) is 12.7 Å². The summed E-state index contributed by atoms with van der Waals surface area (Å²) in [7, 11) is 0. The van der Waals surface area contributed by atoms with Crippen LogP contribution in [-0.2, 0) is 0 Å². The van der Waals surface area contributed by atoms with E-state index in [-0.39, 0.29) is 11.7 Å². The number of hydrogen-bond donors (Lipinski definition) is 1. The fourth-order valence-electron chi connectivity index (χ4n) is 1.44. The monoisotopic (exact) mass is 571 g/mol. The quantitative estimate of drug-likeness (QED) is 0.564. The lowest BCUT2D eigenvalue weighted by atomic mass is 10.2. The molecule has 94 valence electrons. The highest BCUT2D eigenvalue weighted by atomic mass is 127. The van der Waals surface area contributed by atoms with E-state index in [1.54, 1.807) is 4.90 Å². The summed E-state index contributed by atoms with van der Waals surface area (Å²) in [6.07, 6.45) is 0. The molecule has 0 fully saturated rings. The summed E-state index contributed by atoms with van der Waals surface area (Å²) in [5.41, 5.74) is 0.604. The van der Waals surface area contributed by atoms with Crippen LogP contribution in [0.3, 0.4) is 0 Å². The molecule has 0 aromatic heterocycles. The Morgan fingerprint density at radius 1 is 1.24 bits per heavy atom. The van der Waals surface area contributed by atoms with Crippen LogP contribution in [0.2, 0.25) is 0 Å². The lowest BCUT2D eigenvalue weighted by Gasteiger charge is -2.20. The Balaban J connectivity index is 3.32. The summed E-state index contributed by atoms with van der Waals surface area (Å²) in [5.74, 6) is 0.178. The number of halogens is 3. The van der Waals surface area contributed by atoms with Crippen molar-refractivity contribution in [2.24, 2.45) is 0 Å². The molecule has 1 aromatic carbocycles. The van der Waals surface area contributed by atoms with Crippen molar-refractivity contribution < 1.29 is 9.90 Å². The van der Waals surface area contributed by atoms with Gasteiger partial charge in [-0.15, -0.1) is 0 Å². The molecular weight excluding hydrogens is 559 g/mol. The van der Waals surface area contributed by atoms with Crippen molar-refractivity contribution in [1.82, 2.24) is 4.90 Å². The maximum absolute atomic E-state index is 12.3. The molecule has 0 bridgehead atoms. The number of carbonyl (C=O) groups is 1. The van der Waals surface area contributed by atoms with Gasteiger partial charge in [-0.05, 0) is 87.7 Å². The number of benzene rings is 1. The number of phenols is 1. The fourth-order valence-corrected chi connectivity index (χ4v) is 5.28. The predicted octanol–water partition coefficient (Wildman–Crippen LogP) is 3.69. The topological polar surface area (TPSA) is 40.5 Å². The lowest BCUT2D eigenvalue weighted by Crippen LogP contribution is -2.31. The van der Waals surface area contributed by atoms with Gasteiger partial charge in [0.1, 0.15) is 5.75 Å². The Bertz CT molecular complexity index is 445. The molecule has 0 atom stereocenters. The van der Waals surface area contributed by atoms with Crippen LogP contribution < -0.4 is 0 Å². The van der Waals surface area contributed by atoms with Crippen LogP contribution in [0.4, 0.5) is 0 Å². The molecule has 17 heavy (non-hydrogen) atoms. The molecule has 0 heterocycles. The number of nitrogens with zero attached hydrogens (tertiary/aromatic N) is 1. The van der Waals surface area contributed by atoms with E-state index in [4.69, 9.17) is 0 Å². The first-order valence-corrected chi connectivity index (χ1v) is 8.33. The zero-order valence-corrected chi connectivity index (χ0v) is 15.9. The van der Waals surface area contributed by atoms with Gasteiger partial charge in [-0.2, -0.15) is 0 Å². The maximum Gasteiger partial charge on any atom is 0.256 e. The van der Waals surface area contributed by atoms with Gasteiger partial charge in [0.15, 0.2) is 0 Å². The highest BCUT2D eigenvalue weighted by Gasteiger charge is 2.22. The molecule has 0 spiro atoms. The third-order valence-electron chi connectivity index (χ3n) is 2.41. The van der Waals surface area contributed by atoms with Crippen molar-refractivity contribution >= 4 is 73.7 Å². The van der Waals surface area contributed by atoms with E-state index in [9.17, 15) is 9.90 Å².